The summed E-state index contributed by atoms with van der Waals surface area (Å²) >= 11 is 0. The van der Waals surface area contributed by atoms with E-state index in [-0.39, 0.29) is 34.9 Å². The first-order valence-electron chi connectivity index (χ1n) is 16.0. The lowest BCUT2D eigenvalue weighted by Crippen LogP contribution is -2.31. The van der Waals surface area contributed by atoms with Crippen molar-refractivity contribution in [3.8, 4) is 0 Å². The Morgan fingerprint density at radius 3 is 0.926 bits per heavy atom. The Labute approximate surface area is 309 Å². The number of anilines is 3. The van der Waals surface area contributed by atoms with Gasteiger partial charge in [-0.15, -0.1) is 0 Å². The standard InChI is InChI=1S/C36H39N15O3/c1-19(52)22-7-4-10-28(16-22)43-31(46-49-34(37)38)25-13-26(32(47-50-35(39)40)44-29-11-5-8-23(17-29)20(2)53)15-27(14-25)33(48-51-36(41)42)45-30-12-6-9-24(18-30)21(3)54/h4-18H,1-3H3,(H,43,46)(H,44,47)(H,45,48)(H4,37,38,49)(H4,39,40,50)(H4,41,42,51). The van der Waals surface area contributed by atoms with Crippen LogP contribution in [0.3, 0.4) is 0 Å². The highest BCUT2D eigenvalue weighted by Crippen LogP contribution is 2.21. The van der Waals surface area contributed by atoms with Crippen LogP contribution in [-0.4, -0.2) is 52.7 Å². The second-order valence-corrected chi connectivity index (χ2v) is 11.5. The van der Waals surface area contributed by atoms with Crippen LogP contribution in [0, 0.1) is 16.2 Å². The fraction of sp³-hybridized carbons (Fsp3) is 0.0833. The van der Waals surface area contributed by atoms with Crippen LogP contribution >= 0.6 is 0 Å². The van der Waals surface area contributed by atoms with E-state index in [0.717, 1.165) is 0 Å². The van der Waals surface area contributed by atoms with Crippen molar-refractivity contribution in [1.29, 1.82) is 16.2 Å². The third-order valence-corrected chi connectivity index (χ3v) is 7.21. The molecule has 0 aliphatic rings. The molecule has 18 nitrogen and oxygen atoms in total. The highest BCUT2D eigenvalue weighted by molar-refractivity contribution is 6.17. The number of nitrogens with zero attached hydrogens (tertiary/aromatic N) is 3. The topological polar surface area (TPSA) is 310 Å². The van der Waals surface area contributed by atoms with Crippen LogP contribution in [0.25, 0.3) is 0 Å². The van der Waals surface area contributed by atoms with E-state index in [9.17, 15) is 14.4 Å². The lowest BCUT2D eigenvalue weighted by molar-refractivity contribution is 0.100. The van der Waals surface area contributed by atoms with Gasteiger partial charge in [-0.25, -0.2) is 16.3 Å². The summed E-state index contributed by atoms with van der Waals surface area (Å²) < 4.78 is 0. The Balaban J connectivity index is 2.00. The molecule has 4 aromatic rings. The average Bonchev–Trinajstić information content (AvgIpc) is 3.13. The summed E-state index contributed by atoms with van der Waals surface area (Å²) in [7, 11) is 0. The minimum Gasteiger partial charge on any atom is -0.369 e. The second-order valence-electron chi connectivity index (χ2n) is 11.5. The predicted molar refractivity (Wildman–Crippen MR) is 211 cm³/mol. The van der Waals surface area contributed by atoms with E-state index < -0.39 is 17.9 Å². The van der Waals surface area contributed by atoms with Gasteiger partial charge in [0.1, 0.15) is 0 Å². The van der Waals surface area contributed by atoms with E-state index >= 15 is 0 Å². The van der Waals surface area contributed by atoms with Gasteiger partial charge in [0, 0.05) is 50.4 Å². The molecule has 0 spiro atoms. The van der Waals surface area contributed by atoms with Gasteiger partial charge >= 0.3 is 0 Å². The first-order valence-corrected chi connectivity index (χ1v) is 16.0. The molecular formula is C36H39N15O3. The molecule has 0 atom stereocenters. The van der Waals surface area contributed by atoms with Crippen LogP contribution in [0.5, 0.6) is 0 Å². The lowest BCUT2D eigenvalue weighted by Gasteiger charge is -2.18. The summed E-state index contributed by atoms with van der Waals surface area (Å²) in [5.74, 6) is -1.56. The van der Waals surface area contributed by atoms with Crippen molar-refractivity contribution in [3.63, 3.8) is 0 Å². The van der Waals surface area contributed by atoms with Crippen molar-refractivity contribution in [2.45, 2.75) is 20.8 Å². The fourth-order valence-corrected chi connectivity index (χ4v) is 4.74. The summed E-state index contributed by atoms with van der Waals surface area (Å²) in [4.78, 5) is 36.6. The van der Waals surface area contributed by atoms with E-state index in [0.29, 0.717) is 50.4 Å². The van der Waals surface area contributed by atoms with Crippen molar-refractivity contribution in [3.05, 3.63) is 124 Å². The number of hydrogen-bond acceptors (Lipinski definition) is 9. The minimum atomic E-state index is -0.469. The summed E-state index contributed by atoms with van der Waals surface area (Å²) in [6, 6.07) is 25.0. The molecule has 0 bridgehead atoms. The van der Waals surface area contributed by atoms with Crippen LogP contribution in [0.4, 0.5) is 17.1 Å². The number of guanidine groups is 3. The molecule has 276 valence electrons. The van der Waals surface area contributed by atoms with Crippen LogP contribution in [0.2, 0.25) is 0 Å². The van der Waals surface area contributed by atoms with Gasteiger partial charge < -0.3 is 33.2 Å². The highest BCUT2D eigenvalue weighted by atomic mass is 16.1. The monoisotopic (exact) mass is 729 g/mol. The van der Waals surface area contributed by atoms with Gasteiger partial charge in [0.05, 0.1) is 0 Å². The van der Waals surface area contributed by atoms with E-state index in [1.807, 2.05) is 0 Å². The maximum atomic E-state index is 12.2. The number of amidine groups is 3. The molecule has 4 aromatic carbocycles. The molecule has 54 heavy (non-hydrogen) atoms. The van der Waals surface area contributed by atoms with Gasteiger partial charge in [0.2, 0.25) is 17.9 Å². The largest absolute Gasteiger partial charge is 0.369 e. The molecule has 0 aliphatic carbocycles. The number of nitrogens with one attached hydrogen (secondary N) is 9. The van der Waals surface area contributed by atoms with Gasteiger partial charge in [-0.05, 0) is 75.4 Å². The molecule has 0 heterocycles. The van der Waals surface area contributed by atoms with Crippen molar-refractivity contribution in [2.75, 3.05) is 16.0 Å². The summed E-state index contributed by atoms with van der Waals surface area (Å²) in [5.41, 5.74) is 27.9. The van der Waals surface area contributed by atoms with E-state index in [1.165, 1.54) is 20.8 Å². The number of benzene rings is 4. The van der Waals surface area contributed by atoms with Crippen molar-refractivity contribution in [2.24, 2.45) is 32.5 Å². The number of Topliss-reactive ketones (excluding diaryl/α,β-unsaturated/α-hetero) is 3. The quantitative estimate of drug-likeness (QED) is 0.0433. The van der Waals surface area contributed by atoms with Crippen LogP contribution in [-0.2, 0) is 0 Å². The summed E-state index contributed by atoms with van der Waals surface area (Å²) in [6.07, 6.45) is 0. The number of hydrazone groups is 3. The van der Waals surface area contributed by atoms with Crippen LogP contribution in [0.15, 0.2) is 106 Å². The van der Waals surface area contributed by atoms with Gasteiger partial charge in [0.25, 0.3) is 0 Å². The Morgan fingerprint density at radius 1 is 0.444 bits per heavy atom. The smallest absolute Gasteiger partial charge is 0.206 e. The van der Waals surface area contributed by atoms with Gasteiger partial charge in [0.15, 0.2) is 34.9 Å². The van der Waals surface area contributed by atoms with Crippen molar-refractivity contribution in [1.82, 2.24) is 16.3 Å². The Kier molecular flexibility index (Phi) is 12.9. The van der Waals surface area contributed by atoms with Crippen LogP contribution in [0.1, 0.15) is 68.5 Å². The molecule has 18 heteroatoms. The second kappa shape index (κ2) is 17.9. The molecule has 0 radical (unpaired) electrons. The Morgan fingerprint density at radius 2 is 0.704 bits per heavy atom. The number of hydrogen-bond donors (Lipinski definition) is 12. The maximum absolute atomic E-state index is 12.2. The SMILES string of the molecule is CC(=O)c1cccc(NC(=NNC(=N)N)c2cc(C(=NNC(=N)N)Nc3cccc(C(C)=O)c3)cc(C(=NNC(=N)N)Nc3cccc(C(C)=O)c3)c2)c1. The number of carbonyl (C=O) groups is 3. The molecule has 0 fully saturated rings. The lowest BCUT2D eigenvalue weighted by atomic mass is 10.0. The van der Waals surface area contributed by atoms with E-state index in [4.69, 9.17) is 33.4 Å². The molecular weight excluding hydrogens is 690 g/mol. The van der Waals surface area contributed by atoms with E-state index in [1.54, 1.807) is 91.0 Å². The zero-order valence-corrected chi connectivity index (χ0v) is 29.5. The number of nitrogens with two attached hydrogens (primary N) is 3. The molecule has 0 aromatic heterocycles. The fourth-order valence-electron chi connectivity index (χ4n) is 4.74. The van der Waals surface area contributed by atoms with Crippen molar-refractivity contribution < 1.29 is 14.4 Å². The molecule has 4 rings (SSSR count). The summed E-state index contributed by atoms with van der Waals surface area (Å²) in [5, 5.41) is 45.8. The first kappa shape index (κ1) is 38.9. The number of carbonyl (C=O) groups excluding carboxylic acids is 3. The predicted octanol–water partition coefficient (Wildman–Crippen LogP) is 3.06. The average molecular weight is 730 g/mol. The zero-order valence-electron chi connectivity index (χ0n) is 29.5. The van der Waals surface area contributed by atoms with Crippen LogP contribution < -0.4 is 49.4 Å². The van der Waals surface area contributed by atoms with Gasteiger partial charge in [-0.2, -0.15) is 15.3 Å². The minimum absolute atomic E-state index is 0.115. The first-order chi connectivity index (χ1) is 25.7. The Bertz CT molecular complexity index is 1970. The van der Waals surface area contributed by atoms with Gasteiger partial charge in [-0.3, -0.25) is 30.6 Å². The molecule has 0 amide bonds. The van der Waals surface area contributed by atoms with Gasteiger partial charge in [-0.1, -0.05) is 36.4 Å². The zero-order chi connectivity index (χ0) is 39.4. The Hall–Kier alpha value is -7.89. The van der Waals surface area contributed by atoms with Crippen molar-refractivity contribution >= 4 is 69.8 Å². The summed E-state index contributed by atoms with van der Waals surface area (Å²) in [6.45, 7) is 4.31. The number of ketones is 3. The molecule has 0 saturated heterocycles. The maximum Gasteiger partial charge on any atom is 0.206 e. The highest BCUT2D eigenvalue weighted by Gasteiger charge is 2.18. The third kappa shape index (κ3) is 11.3. The normalized spacial score (nSPS) is 11.5. The molecule has 0 aliphatic heterocycles. The number of rotatable bonds is 12. The third-order valence-electron chi connectivity index (χ3n) is 7.21. The molecule has 15 N–H and O–H groups in total. The molecule has 0 saturated carbocycles. The van der Waals surface area contributed by atoms with E-state index in [2.05, 4.69) is 47.5 Å². The molecule has 0 unspecified atom stereocenters.